The van der Waals surface area contributed by atoms with Gasteiger partial charge in [0.25, 0.3) is 0 Å². The summed E-state index contributed by atoms with van der Waals surface area (Å²) in [6, 6.07) is 10.9. The second-order valence-electron chi connectivity index (χ2n) is 9.23. The van der Waals surface area contributed by atoms with Crippen LogP contribution in [0.1, 0.15) is 30.7 Å². The summed E-state index contributed by atoms with van der Waals surface area (Å²) in [7, 11) is 0. The number of carbonyl (C=O) groups excluding carboxylic acids is 1. The van der Waals surface area contributed by atoms with E-state index < -0.39 is 0 Å². The lowest BCUT2D eigenvalue weighted by molar-refractivity contribution is -0.452. The Morgan fingerprint density at radius 1 is 1.19 bits per heavy atom. The van der Waals surface area contributed by atoms with Gasteiger partial charge >= 0.3 is 5.91 Å². The van der Waals surface area contributed by atoms with E-state index in [0.717, 1.165) is 30.7 Å². The van der Waals surface area contributed by atoms with Crippen LogP contribution in [0.4, 0.5) is 8.78 Å². The number of hydrogen-bond acceptors (Lipinski definition) is 4. The predicted octanol–water partition coefficient (Wildman–Crippen LogP) is 4.59. The fourth-order valence-electron chi connectivity index (χ4n) is 4.58. The summed E-state index contributed by atoms with van der Waals surface area (Å²) in [5.41, 5.74) is 2.60. The Balaban J connectivity index is 1.36. The Morgan fingerprint density at radius 3 is 2.72 bits per heavy atom. The molecule has 0 spiro atoms. The standard InChI is InChI=1S/C28H28F2N5O/c1-19-15-21(3-8-24(19)30)25-18-35(23-6-4-22(29)5-7-23)27(33-25)17-28(36)34-13-9-20(10-14-34)16-26-31-11-2-12-32-26/h2-8,11,13,15,18,20H,9-10,12,14,16-17H2,1H3,(H,31,32)/q+1. The molecule has 2 aliphatic heterocycles. The highest BCUT2D eigenvalue weighted by molar-refractivity contribution is 5.84. The fourth-order valence-corrected chi connectivity index (χ4v) is 4.58. The van der Waals surface area contributed by atoms with E-state index in [-0.39, 0.29) is 24.0 Å². The summed E-state index contributed by atoms with van der Waals surface area (Å²) in [4.78, 5) is 22.4. The molecule has 2 aliphatic rings. The van der Waals surface area contributed by atoms with Gasteiger partial charge in [0.2, 0.25) is 0 Å². The van der Waals surface area contributed by atoms with Crippen molar-refractivity contribution in [2.45, 2.75) is 32.6 Å². The zero-order valence-electron chi connectivity index (χ0n) is 20.1. The molecule has 2 aromatic carbocycles. The number of nitrogens with zero attached hydrogens (tertiary/aromatic N) is 4. The van der Waals surface area contributed by atoms with Crippen molar-refractivity contribution in [2.75, 3.05) is 13.1 Å². The minimum Gasteiger partial charge on any atom is -0.351 e. The average molecular weight is 489 g/mol. The number of amides is 1. The number of imidazole rings is 1. The van der Waals surface area contributed by atoms with Crippen LogP contribution in [0.3, 0.4) is 0 Å². The van der Waals surface area contributed by atoms with E-state index in [1.807, 2.05) is 24.7 Å². The highest BCUT2D eigenvalue weighted by Gasteiger charge is 2.28. The van der Waals surface area contributed by atoms with Crippen LogP contribution < -0.4 is 5.32 Å². The Morgan fingerprint density at radius 2 is 2.03 bits per heavy atom. The van der Waals surface area contributed by atoms with Gasteiger partial charge in [-0.2, -0.15) is 4.58 Å². The number of halogens is 2. The van der Waals surface area contributed by atoms with Crippen molar-refractivity contribution in [1.29, 1.82) is 0 Å². The molecule has 1 aromatic heterocycles. The number of carbonyl (C=O) groups is 1. The first-order valence-electron chi connectivity index (χ1n) is 12.1. The number of rotatable bonds is 6. The van der Waals surface area contributed by atoms with Gasteiger partial charge in [0.15, 0.2) is 6.54 Å². The van der Waals surface area contributed by atoms with Crippen molar-refractivity contribution >= 4 is 18.0 Å². The molecule has 0 fully saturated rings. The normalized spacial score (nSPS) is 17.4. The second-order valence-corrected chi connectivity index (χ2v) is 9.23. The Labute approximate surface area is 208 Å². The van der Waals surface area contributed by atoms with Crippen LogP contribution in [0.5, 0.6) is 0 Å². The van der Waals surface area contributed by atoms with Gasteiger partial charge in [-0.05, 0) is 73.1 Å². The van der Waals surface area contributed by atoms with Crippen molar-refractivity contribution in [1.82, 2.24) is 14.9 Å². The molecular weight excluding hydrogens is 460 g/mol. The topological polar surface area (TPSA) is 62.3 Å². The van der Waals surface area contributed by atoms with Gasteiger partial charge in [-0.25, -0.2) is 18.6 Å². The highest BCUT2D eigenvalue weighted by atomic mass is 19.1. The quantitative estimate of drug-likeness (QED) is 0.516. The van der Waals surface area contributed by atoms with E-state index in [4.69, 9.17) is 4.98 Å². The molecule has 0 aliphatic carbocycles. The number of benzene rings is 2. The molecule has 36 heavy (non-hydrogen) atoms. The van der Waals surface area contributed by atoms with Crippen molar-refractivity contribution in [3.05, 3.63) is 84.0 Å². The summed E-state index contributed by atoms with van der Waals surface area (Å²) >= 11 is 0. The van der Waals surface area contributed by atoms with Crippen LogP contribution in [0, 0.1) is 24.5 Å². The number of nitrogens with one attached hydrogen (secondary N) is 1. The summed E-state index contributed by atoms with van der Waals surface area (Å²) in [5, 5.41) is 3.20. The molecule has 3 heterocycles. The molecule has 184 valence electrons. The molecule has 1 unspecified atom stereocenters. The third-order valence-corrected chi connectivity index (χ3v) is 6.64. The minimum absolute atomic E-state index is 0.0414. The van der Waals surface area contributed by atoms with E-state index in [1.165, 1.54) is 18.2 Å². The van der Waals surface area contributed by atoms with Crippen molar-refractivity contribution in [3.63, 3.8) is 0 Å². The van der Waals surface area contributed by atoms with Crippen molar-refractivity contribution < 1.29 is 18.2 Å². The van der Waals surface area contributed by atoms with Crippen LogP contribution >= 0.6 is 0 Å². The molecule has 1 N–H and O–H groups in total. The SMILES string of the molecule is Cc1cc(-c2cn(-c3ccc(F)cc3)c(CC(=O)[N+]3=CCC(CC4=NCC=CN4)CC3)n2)ccc1F. The largest absolute Gasteiger partial charge is 0.394 e. The predicted molar refractivity (Wildman–Crippen MR) is 135 cm³/mol. The van der Waals surface area contributed by atoms with E-state index >= 15 is 0 Å². The number of amidine groups is 1. The van der Waals surface area contributed by atoms with Gasteiger partial charge in [0, 0.05) is 36.7 Å². The molecule has 0 radical (unpaired) electrons. The van der Waals surface area contributed by atoms with E-state index in [0.29, 0.717) is 41.8 Å². The van der Waals surface area contributed by atoms with Gasteiger partial charge in [0.05, 0.1) is 12.2 Å². The molecule has 8 heteroatoms. The first-order chi connectivity index (χ1) is 17.5. The first kappa shape index (κ1) is 23.8. The van der Waals surface area contributed by atoms with Crippen molar-refractivity contribution in [3.8, 4) is 16.9 Å². The lowest BCUT2D eigenvalue weighted by atomic mass is 9.94. The molecular formula is C28H28F2N5O+. The Bertz CT molecular complexity index is 1370. The maximum Gasteiger partial charge on any atom is 0.394 e. The lowest BCUT2D eigenvalue weighted by Crippen LogP contribution is -2.33. The van der Waals surface area contributed by atoms with E-state index in [9.17, 15) is 13.6 Å². The zero-order valence-corrected chi connectivity index (χ0v) is 20.1. The zero-order chi connectivity index (χ0) is 25.1. The third-order valence-electron chi connectivity index (χ3n) is 6.64. The van der Waals surface area contributed by atoms with Crippen molar-refractivity contribution in [2.24, 2.45) is 10.9 Å². The summed E-state index contributed by atoms with van der Waals surface area (Å²) in [6.45, 7) is 3.06. The maximum atomic E-state index is 13.8. The molecule has 0 saturated heterocycles. The number of hydrogen-bond donors (Lipinski definition) is 1. The van der Waals surface area contributed by atoms with Crippen LogP contribution in [0.25, 0.3) is 16.9 Å². The summed E-state index contributed by atoms with van der Waals surface area (Å²) in [5.74, 6) is 1.33. The van der Waals surface area contributed by atoms with Crippen LogP contribution in [-0.4, -0.2) is 45.2 Å². The molecule has 1 atom stereocenters. The Hall–Kier alpha value is -3.94. The molecule has 1 amide bonds. The molecule has 0 saturated carbocycles. The van der Waals surface area contributed by atoms with E-state index in [2.05, 4.69) is 10.3 Å². The number of aromatic nitrogens is 2. The van der Waals surface area contributed by atoms with Gasteiger partial charge in [0.1, 0.15) is 35.9 Å². The Kier molecular flexibility index (Phi) is 6.84. The molecule has 5 rings (SSSR count). The van der Waals surface area contributed by atoms with Gasteiger partial charge in [-0.15, -0.1) is 0 Å². The molecule has 0 bridgehead atoms. The maximum absolute atomic E-state index is 13.8. The number of aryl methyl sites for hydroxylation is 1. The molecule has 6 nitrogen and oxygen atoms in total. The number of aliphatic imine (C=N–C) groups is 1. The summed E-state index contributed by atoms with van der Waals surface area (Å²) in [6.07, 6.45) is 10.4. The lowest BCUT2D eigenvalue weighted by Gasteiger charge is -2.19. The van der Waals surface area contributed by atoms with Gasteiger partial charge in [-0.1, -0.05) is 0 Å². The fraction of sp³-hybridized carbons (Fsp3) is 0.286. The van der Waals surface area contributed by atoms with E-state index in [1.54, 1.807) is 40.3 Å². The summed E-state index contributed by atoms with van der Waals surface area (Å²) < 4.78 is 30.9. The average Bonchev–Trinajstić information content (AvgIpc) is 3.31. The van der Waals surface area contributed by atoms with Gasteiger partial charge in [-0.3, -0.25) is 4.99 Å². The smallest absolute Gasteiger partial charge is 0.351 e. The second kappa shape index (κ2) is 10.4. The monoisotopic (exact) mass is 488 g/mol. The van der Waals surface area contributed by atoms with Gasteiger partial charge < -0.3 is 9.88 Å². The van der Waals surface area contributed by atoms with Crippen LogP contribution in [-0.2, 0) is 11.2 Å². The minimum atomic E-state index is -0.339. The highest BCUT2D eigenvalue weighted by Crippen LogP contribution is 2.25. The third kappa shape index (κ3) is 5.32. The van der Waals surface area contributed by atoms with Crippen LogP contribution in [0.2, 0.25) is 0 Å². The van der Waals surface area contributed by atoms with Crippen LogP contribution in [0.15, 0.2) is 65.9 Å². The molecule has 3 aromatic rings. The first-order valence-corrected chi connectivity index (χ1v) is 12.1.